The number of hydrogen-bond acceptors (Lipinski definition) is 3. The molecule has 3 rings (SSSR count). The Labute approximate surface area is 148 Å². The van der Waals surface area contributed by atoms with Crippen LogP contribution in [0.4, 0.5) is 4.79 Å². The first-order valence-electron chi connectivity index (χ1n) is 8.26. The van der Waals surface area contributed by atoms with E-state index in [9.17, 15) is 9.59 Å². The van der Waals surface area contributed by atoms with Crippen molar-refractivity contribution in [1.29, 1.82) is 0 Å². The second-order valence-electron chi connectivity index (χ2n) is 6.34. The molecule has 0 aromatic heterocycles. The number of rotatable bonds is 2. The van der Waals surface area contributed by atoms with E-state index in [4.69, 9.17) is 5.73 Å². The van der Waals surface area contributed by atoms with Gasteiger partial charge in [0.1, 0.15) is 0 Å². The maximum atomic E-state index is 12.3. The molecule has 0 aliphatic carbocycles. The number of nitrogens with zero attached hydrogens (tertiary/aromatic N) is 2. The molecule has 1 saturated heterocycles. The Balaban J connectivity index is 0.00000208. The number of nitrogens with one attached hydrogen (secondary N) is 1. The Kier molecular flexibility index (Phi) is 6.45. The fraction of sp³-hybridized carbons (Fsp3) is 0.529. The first-order valence-corrected chi connectivity index (χ1v) is 8.26. The summed E-state index contributed by atoms with van der Waals surface area (Å²) in [5.41, 5.74) is 8.38. The van der Waals surface area contributed by atoms with E-state index in [1.54, 1.807) is 9.80 Å². The van der Waals surface area contributed by atoms with E-state index < -0.39 is 0 Å². The molecule has 0 radical (unpaired) electrons. The number of benzene rings is 1. The molecular formula is C17H25ClN4O2. The average Bonchev–Trinajstić information content (AvgIpc) is 2.59. The molecule has 1 unspecified atom stereocenters. The molecule has 0 bridgehead atoms. The summed E-state index contributed by atoms with van der Waals surface area (Å²) in [5, 5.41) is 2.75. The van der Waals surface area contributed by atoms with Crippen LogP contribution in [0.3, 0.4) is 0 Å². The standard InChI is InChI=1S/C17H24N4O2.ClH/c18-15-6-3-8-20(12-15)16(22)10-19-17(23)21-9-7-13-4-1-2-5-14(13)11-21;/h1-2,4-5,15H,3,6-12,18H2,(H,19,23);1H. The van der Waals surface area contributed by atoms with Crippen molar-refractivity contribution in [3.63, 3.8) is 0 Å². The maximum Gasteiger partial charge on any atom is 0.318 e. The lowest BCUT2D eigenvalue weighted by Gasteiger charge is -2.32. The van der Waals surface area contributed by atoms with Crippen molar-refractivity contribution in [2.75, 3.05) is 26.2 Å². The minimum atomic E-state index is -0.172. The third-order valence-corrected chi connectivity index (χ3v) is 4.62. The molecular weight excluding hydrogens is 328 g/mol. The molecule has 0 spiro atoms. The first kappa shape index (κ1) is 18.5. The molecule has 2 aliphatic rings. The van der Waals surface area contributed by atoms with Crippen LogP contribution in [0.5, 0.6) is 0 Å². The number of carbonyl (C=O) groups excluding carboxylic acids is 2. The number of hydrogen-bond donors (Lipinski definition) is 2. The van der Waals surface area contributed by atoms with Gasteiger partial charge >= 0.3 is 6.03 Å². The third kappa shape index (κ3) is 4.39. The number of fused-ring (bicyclic) bond motifs is 1. The van der Waals surface area contributed by atoms with Gasteiger partial charge in [-0.15, -0.1) is 12.4 Å². The lowest BCUT2D eigenvalue weighted by molar-refractivity contribution is -0.131. The quantitative estimate of drug-likeness (QED) is 0.837. The van der Waals surface area contributed by atoms with Gasteiger partial charge in [-0.3, -0.25) is 4.79 Å². The predicted molar refractivity (Wildman–Crippen MR) is 95.0 cm³/mol. The lowest BCUT2D eigenvalue weighted by Crippen LogP contribution is -2.50. The molecule has 132 valence electrons. The molecule has 1 atom stereocenters. The highest BCUT2D eigenvalue weighted by Crippen LogP contribution is 2.18. The summed E-state index contributed by atoms with van der Waals surface area (Å²) in [7, 11) is 0. The Morgan fingerprint density at radius 2 is 1.92 bits per heavy atom. The number of piperidine rings is 1. The maximum absolute atomic E-state index is 12.3. The van der Waals surface area contributed by atoms with Crippen LogP contribution in [0.15, 0.2) is 24.3 Å². The van der Waals surface area contributed by atoms with Gasteiger partial charge in [0.25, 0.3) is 0 Å². The van der Waals surface area contributed by atoms with Gasteiger partial charge in [-0.05, 0) is 30.4 Å². The first-order chi connectivity index (χ1) is 11.1. The zero-order valence-corrected chi connectivity index (χ0v) is 14.6. The topological polar surface area (TPSA) is 78.7 Å². The van der Waals surface area contributed by atoms with Gasteiger partial charge in [-0.1, -0.05) is 24.3 Å². The number of likely N-dealkylation sites (tertiary alicyclic amines) is 1. The van der Waals surface area contributed by atoms with E-state index in [0.717, 1.165) is 25.8 Å². The van der Waals surface area contributed by atoms with Gasteiger partial charge in [0.05, 0.1) is 6.54 Å². The SMILES string of the molecule is Cl.NC1CCCN(C(=O)CNC(=O)N2CCc3ccccc3C2)C1. The highest BCUT2D eigenvalue weighted by atomic mass is 35.5. The van der Waals surface area contributed by atoms with Crippen molar-refractivity contribution in [1.82, 2.24) is 15.1 Å². The number of nitrogens with two attached hydrogens (primary N) is 1. The second-order valence-corrected chi connectivity index (χ2v) is 6.34. The highest BCUT2D eigenvalue weighted by Gasteiger charge is 2.23. The number of carbonyl (C=O) groups is 2. The summed E-state index contributed by atoms with van der Waals surface area (Å²) in [5.74, 6) is -0.0501. The summed E-state index contributed by atoms with van der Waals surface area (Å²) in [6.07, 6.45) is 2.76. The van der Waals surface area contributed by atoms with E-state index >= 15 is 0 Å². The summed E-state index contributed by atoms with van der Waals surface area (Å²) < 4.78 is 0. The highest BCUT2D eigenvalue weighted by molar-refractivity contribution is 5.85. The van der Waals surface area contributed by atoms with Gasteiger partial charge in [-0.2, -0.15) is 0 Å². The Morgan fingerprint density at radius 1 is 1.17 bits per heavy atom. The van der Waals surface area contributed by atoms with Gasteiger partial charge in [0.15, 0.2) is 0 Å². The van der Waals surface area contributed by atoms with E-state index in [0.29, 0.717) is 19.6 Å². The van der Waals surface area contributed by atoms with E-state index in [-0.39, 0.29) is 36.9 Å². The minimum Gasteiger partial charge on any atom is -0.340 e. The molecule has 1 aromatic carbocycles. The Hall–Kier alpha value is -1.79. The molecule has 2 aliphatic heterocycles. The summed E-state index contributed by atoms with van der Waals surface area (Å²) >= 11 is 0. The summed E-state index contributed by atoms with van der Waals surface area (Å²) in [4.78, 5) is 28.0. The van der Waals surface area contributed by atoms with Crippen LogP contribution in [0.1, 0.15) is 24.0 Å². The Bertz CT molecular complexity index is 596. The predicted octanol–water partition coefficient (Wildman–Crippen LogP) is 1.13. The molecule has 0 saturated carbocycles. The van der Waals surface area contributed by atoms with E-state index in [1.165, 1.54) is 11.1 Å². The van der Waals surface area contributed by atoms with Crippen molar-refractivity contribution in [2.45, 2.75) is 31.8 Å². The fourth-order valence-corrected chi connectivity index (χ4v) is 3.28. The van der Waals surface area contributed by atoms with Gasteiger partial charge in [0, 0.05) is 32.2 Å². The molecule has 1 aromatic rings. The number of urea groups is 1. The monoisotopic (exact) mass is 352 g/mol. The van der Waals surface area contributed by atoms with Crippen molar-refractivity contribution in [2.24, 2.45) is 5.73 Å². The molecule has 1 fully saturated rings. The van der Waals surface area contributed by atoms with Crippen molar-refractivity contribution in [3.05, 3.63) is 35.4 Å². The van der Waals surface area contributed by atoms with E-state index in [1.807, 2.05) is 12.1 Å². The van der Waals surface area contributed by atoms with E-state index in [2.05, 4.69) is 17.4 Å². The van der Waals surface area contributed by atoms with Crippen LogP contribution in [0, 0.1) is 0 Å². The van der Waals surface area contributed by atoms with Crippen molar-refractivity contribution >= 4 is 24.3 Å². The van der Waals surface area contributed by atoms with Crippen LogP contribution in [-0.4, -0.2) is 54.0 Å². The van der Waals surface area contributed by atoms with Gasteiger partial charge in [0.2, 0.25) is 5.91 Å². The molecule has 24 heavy (non-hydrogen) atoms. The van der Waals surface area contributed by atoms with Gasteiger partial charge in [-0.25, -0.2) is 4.79 Å². The molecule has 7 heteroatoms. The zero-order valence-electron chi connectivity index (χ0n) is 13.7. The second kappa shape index (κ2) is 8.35. The zero-order chi connectivity index (χ0) is 16.2. The fourth-order valence-electron chi connectivity index (χ4n) is 3.28. The normalized spacial score (nSPS) is 20.0. The van der Waals surface area contributed by atoms with Crippen LogP contribution < -0.4 is 11.1 Å². The molecule has 3 N–H and O–H groups in total. The Morgan fingerprint density at radius 3 is 2.67 bits per heavy atom. The minimum absolute atomic E-state index is 0. The van der Waals surface area contributed by atoms with Crippen LogP contribution in [-0.2, 0) is 17.8 Å². The lowest BCUT2D eigenvalue weighted by atomic mass is 10.0. The largest absolute Gasteiger partial charge is 0.340 e. The van der Waals surface area contributed by atoms with Gasteiger partial charge < -0.3 is 20.9 Å². The average molecular weight is 353 g/mol. The van der Waals surface area contributed by atoms with Crippen LogP contribution >= 0.6 is 12.4 Å². The molecule has 3 amide bonds. The summed E-state index contributed by atoms with van der Waals surface area (Å²) in [6, 6.07) is 8.05. The van der Waals surface area contributed by atoms with Crippen LogP contribution in [0.25, 0.3) is 0 Å². The third-order valence-electron chi connectivity index (χ3n) is 4.62. The van der Waals surface area contributed by atoms with Crippen molar-refractivity contribution in [3.8, 4) is 0 Å². The molecule has 6 nitrogen and oxygen atoms in total. The smallest absolute Gasteiger partial charge is 0.318 e. The molecule has 2 heterocycles. The summed E-state index contributed by atoms with van der Waals surface area (Å²) in [6.45, 7) is 2.66. The number of halogens is 1. The van der Waals surface area contributed by atoms with Crippen molar-refractivity contribution < 1.29 is 9.59 Å². The number of amides is 3. The van der Waals surface area contributed by atoms with Crippen LogP contribution in [0.2, 0.25) is 0 Å².